The number of anilines is 2. The van der Waals surface area contributed by atoms with Crippen LogP contribution in [0.5, 0.6) is 5.75 Å². The number of hydrogen-bond acceptors (Lipinski definition) is 3. The Bertz CT molecular complexity index is 413. The Morgan fingerprint density at radius 2 is 2.06 bits per heavy atom. The lowest BCUT2D eigenvalue weighted by molar-refractivity contribution is 0.414. The summed E-state index contributed by atoms with van der Waals surface area (Å²) in [5, 5.41) is 3.58. The summed E-state index contributed by atoms with van der Waals surface area (Å²) in [5.74, 6) is 0.913. The molecule has 0 aliphatic carbocycles. The van der Waals surface area contributed by atoms with Crippen LogP contribution in [-0.4, -0.2) is 25.2 Å². The van der Waals surface area contributed by atoms with Crippen molar-refractivity contribution < 1.29 is 4.74 Å². The van der Waals surface area contributed by atoms with Crippen LogP contribution in [0.15, 0.2) is 18.2 Å². The predicted octanol–water partition coefficient (Wildman–Crippen LogP) is 3.11. The average Bonchev–Trinajstić information content (AvgIpc) is 2.26. The van der Waals surface area contributed by atoms with Crippen molar-refractivity contribution in [3.05, 3.63) is 18.2 Å². The molecule has 1 aromatic rings. The molecular formula is C14H22N2O. The van der Waals surface area contributed by atoms with E-state index in [4.69, 9.17) is 4.74 Å². The molecule has 94 valence electrons. The second-order valence-electron chi connectivity index (χ2n) is 5.61. The Kier molecular flexibility index (Phi) is 2.94. The van der Waals surface area contributed by atoms with Gasteiger partial charge in [-0.1, -0.05) is 0 Å². The van der Waals surface area contributed by atoms with E-state index in [1.165, 1.54) is 11.4 Å². The van der Waals surface area contributed by atoms with Crippen LogP contribution < -0.4 is 15.0 Å². The van der Waals surface area contributed by atoms with E-state index in [0.29, 0.717) is 6.04 Å². The molecule has 0 saturated heterocycles. The number of rotatable bonds is 2. The monoisotopic (exact) mass is 234 g/mol. The third-order valence-corrected chi connectivity index (χ3v) is 3.18. The Morgan fingerprint density at radius 3 is 2.65 bits per heavy atom. The van der Waals surface area contributed by atoms with Crippen LogP contribution in [0.4, 0.5) is 11.4 Å². The third-order valence-electron chi connectivity index (χ3n) is 3.18. The number of methoxy groups -OCH3 is 1. The maximum atomic E-state index is 5.31. The minimum atomic E-state index is 0.103. The van der Waals surface area contributed by atoms with Crippen LogP contribution in [0.2, 0.25) is 0 Å². The maximum Gasteiger partial charge on any atom is 0.121 e. The third kappa shape index (κ3) is 2.33. The van der Waals surface area contributed by atoms with Crippen molar-refractivity contribution in [2.75, 3.05) is 23.9 Å². The summed E-state index contributed by atoms with van der Waals surface area (Å²) in [6.45, 7) is 9.92. The Balaban J connectivity index is 2.45. The lowest BCUT2D eigenvalue weighted by Crippen LogP contribution is -2.50. The van der Waals surface area contributed by atoms with Gasteiger partial charge in [0, 0.05) is 24.2 Å². The molecule has 1 aliphatic heterocycles. The highest BCUT2D eigenvalue weighted by Gasteiger charge is 2.30. The molecule has 1 N–H and O–H groups in total. The molecule has 2 rings (SSSR count). The number of benzene rings is 1. The van der Waals surface area contributed by atoms with Gasteiger partial charge in [-0.2, -0.15) is 0 Å². The average molecular weight is 234 g/mol. The van der Waals surface area contributed by atoms with E-state index in [1.807, 2.05) is 6.07 Å². The van der Waals surface area contributed by atoms with Gasteiger partial charge in [-0.3, -0.25) is 0 Å². The second kappa shape index (κ2) is 4.13. The van der Waals surface area contributed by atoms with Crippen LogP contribution in [0, 0.1) is 0 Å². The van der Waals surface area contributed by atoms with Crippen molar-refractivity contribution in [1.29, 1.82) is 0 Å². The van der Waals surface area contributed by atoms with E-state index in [0.717, 1.165) is 12.3 Å². The minimum Gasteiger partial charge on any atom is -0.497 e. The molecule has 0 atom stereocenters. The van der Waals surface area contributed by atoms with Crippen LogP contribution in [0.3, 0.4) is 0 Å². The lowest BCUT2D eigenvalue weighted by Gasteiger charge is -2.44. The summed E-state index contributed by atoms with van der Waals surface area (Å²) >= 11 is 0. The van der Waals surface area contributed by atoms with E-state index < -0.39 is 0 Å². The van der Waals surface area contributed by atoms with E-state index >= 15 is 0 Å². The summed E-state index contributed by atoms with van der Waals surface area (Å²) in [5.41, 5.74) is 2.53. The molecule has 0 fully saturated rings. The van der Waals surface area contributed by atoms with Crippen LogP contribution in [-0.2, 0) is 0 Å². The van der Waals surface area contributed by atoms with Crippen molar-refractivity contribution in [3.63, 3.8) is 0 Å². The molecule has 0 radical (unpaired) electrons. The van der Waals surface area contributed by atoms with E-state index in [1.54, 1.807) is 7.11 Å². The van der Waals surface area contributed by atoms with Gasteiger partial charge in [-0.05, 0) is 39.8 Å². The molecular weight excluding hydrogens is 212 g/mol. The van der Waals surface area contributed by atoms with Gasteiger partial charge < -0.3 is 15.0 Å². The zero-order valence-electron chi connectivity index (χ0n) is 11.4. The number of fused-ring (bicyclic) bond motifs is 1. The van der Waals surface area contributed by atoms with Crippen molar-refractivity contribution in [1.82, 2.24) is 0 Å². The molecule has 0 unspecified atom stereocenters. The van der Waals surface area contributed by atoms with Gasteiger partial charge in [-0.15, -0.1) is 0 Å². The summed E-state index contributed by atoms with van der Waals surface area (Å²) in [4.78, 5) is 2.42. The van der Waals surface area contributed by atoms with Crippen molar-refractivity contribution >= 4 is 11.4 Å². The molecule has 0 aromatic heterocycles. The zero-order valence-corrected chi connectivity index (χ0v) is 11.4. The summed E-state index contributed by atoms with van der Waals surface area (Å²) < 4.78 is 5.31. The second-order valence-corrected chi connectivity index (χ2v) is 5.61. The van der Waals surface area contributed by atoms with Gasteiger partial charge in [0.1, 0.15) is 5.75 Å². The zero-order chi connectivity index (χ0) is 12.6. The smallest absolute Gasteiger partial charge is 0.121 e. The van der Waals surface area contributed by atoms with E-state index in [2.05, 4.69) is 50.0 Å². The fourth-order valence-electron chi connectivity index (χ4n) is 2.36. The van der Waals surface area contributed by atoms with Crippen molar-refractivity contribution in [2.45, 2.75) is 39.3 Å². The quantitative estimate of drug-likeness (QED) is 0.851. The summed E-state index contributed by atoms with van der Waals surface area (Å²) in [7, 11) is 1.71. The first kappa shape index (κ1) is 12.1. The fourth-order valence-corrected chi connectivity index (χ4v) is 2.36. The highest BCUT2D eigenvalue weighted by molar-refractivity contribution is 5.75. The van der Waals surface area contributed by atoms with Gasteiger partial charge in [0.25, 0.3) is 0 Å². The molecule has 0 bridgehead atoms. The molecule has 0 amide bonds. The molecule has 3 nitrogen and oxygen atoms in total. The standard InChI is InChI=1S/C14H22N2O/c1-10(2)16-9-14(3,4)15-12-7-6-11(17-5)8-13(12)16/h6-8,10,15H,9H2,1-5H3. The molecule has 3 heteroatoms. The summed E-state index contributed by atoms with van der Waals surface area (Å²) in [6, 6.07) is 6.70. The van der Waals surface area contributed by atoms with Crippen LogP contribution in [0.25, 0.3) is 0 Å². The summed E-state index contributed by atoms with van der Waals surface area (Å²) in [6.07, 6.45) is 0. The molecule has 0 spiro atoms. The van der Waals surface area contributed by atoms with Crippen molar-refractivity contribution in [2.24, 2.45) is 0 Å². The molecule has 1 aromatic carbocycles. The van der Waals surface area contributed by atoms with Crippen LogP contribution in [0.1, 0.15) is 27.7 Å². The Labute approximate surface area is 104 Å². The number of ether oxygens (including phenoxy) is 1. The first-order valence-electron chi connectivity index (χ1n) is 6.16. The highest BCUT2D eigenvalue weighted by atomic mass is 16.5. The molecule has 1 aliphatic rings. The maximum absolute atomic E-state index is 5.31. The molecule has 1 heterocycles. The Morgan fingerprint density at radius 1 is 1.35 bits per heavy atom. The normalized spacial score (nSPS) is 17.6. The minimum absolute atomic E-state index is 0.103. The predicted molar refractivity (Wildman–Crippen MR) is 73.2 cm³/mol. The highest BCUT2D eigenvalue weighted by Crippen LogP contribution is 2.37. The van der Waals surface area contributed by atoms with Gasteiger partial charge in [-0.25, -0.2) is 0 Å². The molecule has 0 saturated carbocycles. The number of nitrogens with zero attached hydrogens (tertiary/aromatic N) is 1. The molecule has 17 heavy (non-hydrogen) atoms. The van der Waals surface area contributed by atoms with Crippen molar-refractivity contribution in [3.8, 4) is 5.75 Å². The van der Waals surface area contributed by atoms with Crippen LogP contribution >= 0.6 is 0 Å². The van der Waals surface area contributed by atoms with E-state index in [-0.39, 0.29) is 5.54 Å². The van der Waals surface area contributed by atoms with Gasteiger partial charge in [0.2, 0.25) is 0 Å². The largest absolute Gasteiger partial charge is 0.497 e. The lowest BCUT2D eigenvalue weighted by atomic mass is 9.98. The SMILES string of the molecule is COc1ccc2c(c1)N(C(C)C)CC(C)(C)N2. The Hall–Kier alpha value is -1.38. The van der Waals surface area contributed by atoms with Gasteiger partial charge in [0.05, 0.1) is 18.5 Å². The number of hydrogen-bond donors (Lipinski definition) is 1. The van der Waals surface area contributed by atoms with Gasteiger partial charge in [0.15, 0.2) is 0 Å². The van der Waals surface area contributed by atoms with E-state index in [9.17, 15) is 0 Å². The first-order chi connectivity index (χ1) is 7.93. The van der Waals surface area contributed by atoms with Gasteiger partial charge >= 0.3 is 0 Å². The topological polar surface area (TPSA) is 24.5 Å². The first-order valence-corrected chi connectivity index (χ1v) is 6.16. The number of nitrogens with one attached hydrogen (secondary N) is 1. The fraction of sp³-hybridized carbons (Fsp3) is 0.571.